The zero-order valence-electron chi connectivity index (χ0n) is 15.6. The number of carbonyl (C=O) groups is 1. The highest BCUT2D eigenvalue weighted by atomic mass is 35.5. The summed E-state index contributed by atoms with van der Waals surface area (Å²) in [6.07, 6.45) is 1.78. The summed E-state index contributed by atoms with van der Waals surface area (Å²) < 4.78 is 5.79. The third-order valence-electron chi connectivity index (χ3n) is 4.17. The molecule has 30 heavy (non-hydrogen) atoms. The number of benzene rings is 3. The maximum Gasteiger partial charge on any atom is 0.264 e. The van der Waals surface area contributed by atoms with Crippen molar-refractivity contribution in [3.05, 3.63) is 98.9 Å². The van der Waals surface area contributed by atoms with Crippen LogP contribution in [0.5, 0.6) is 5.75 Å². The van der Waals surface area contributed by atoms with Gasteiger partial charge in [-0.1, -0.05) is 59.6 Å². The van der Waals surface area contributed by atoms with Crippen LogP contribution in [-0.2, 0) is 11.4 Å². The number of ether oxygens (including phenoxy) is 1. The Morgan fingerprint density at radius 2 is 1.83 bits per heavy atom. The van der Waals surface area contributed by atoms with Crippen LogP contribution in [0.1, 0.15) is 11.1 Å². The summed E-state index contributed by atoms with van der Waals surface area (Å²) in [5, 5.41) is 4.45. The van der Waals surface area contributed by atoms with Gasteiger partial charge in [0.1, 0.15) is 12.4 Å². The lowest BCUT2D eigenvalue weighted by molar-refractivity contribution is -0.115. The molecule has 1 N–H and O–H groups in total. The van der Waals surface area contributed by atoms with Gasteiger partial charge in [0.25, 0.3) is 5.91 Å². The minimum atomic E-state index is -0.188. The van der Waals surface area contributed by atoms with Gasteiger partial charge in [0.2, 0.25) is 0 Å². The molecule has 0 bridgehead atoms. The highest BCUT2D eigenvalue weighted by molar-refractivity contribution is 8.18. The number of hydrogen-bond donors (Lipinski definition) is 1. The Kier molecular flexibility index (Phi) is 6.43. The van der Waals surface area contributed by atoms with Crippen molar-refractivity contribution < 1.29 is 9.53 Å². The first-order valence-corrected chi connectivity index (χ1v) is 10.7. The number of hydrogen-bond acceptors (Lipinski definition) is 4. The van der Waals surface area contributed by atoms with Crippen molar-refractivity contribution in [3.63, 3.8) is 0 Å². The van der Waals surface area contributed by atoms with E-state index in [1.54, 1.807) is 18.2 Å². The van der Waals surface area contributed by atoms with Crippen LogP contribution in [-0.4, -0.2) is 11.1 Å². The van der Waals surface area contributed by atoms with E-state index in [0.29, 0.717) is 32.5 Å². The number of halogens is 2. The first kappa shape index (κ1) is 20.5. The van der Waals surface area contributed by atoms with E-state index in [2.05, 4.69) is 10.3 Å². The lowest BCUT2D eigenvalue weighted by atomic mass is 10.2. The monoisotopic (exact) mass is 454 g/mol. The fourth-order valence-electron chi connectivity index (χ4n) is 2.76. The summed E-state index contributed by atoms with van der Waals surface area (Å²) in [4.78, 5) is 17.3. The molecule has 1 aliphatic heterocycles. The Bertz CT molecular complexity index is 1150. The lowest BCUT2D eigenvalue weighted by Crippen LogP contribution is -2.19. The summed E-state index contributed by atoms with van der Waals surface area (Å²) >= 11 is 13.7. The van der Waals surface area contributed by atoms with Crippen molar-refractivity contribution in [2.24, 2.45) is 4.99 Å². The summed E-state index contributed by atoms with van der Waals surface area (Å²) in [6.45, 7) is 0.359. The van der Waals surface area contributed by atoms with Crippen molar-refractivity contribution in [3.8, 4) is 5.75 Å². The molecule has 0 unspecified atom stereocenters. The molecule has 1 aliphatic rings. The van der Waals surface area contributed by atoms with Crippen molar-refractivity contribution in [2.45, 2.75) is 6.61 Å². The molecular formula is C23H16Cl2N2O2S. The third-order valence-corrected chi connectivity index (χ3v) is 5.62. The van der Waals surface area contributed by atoms with Crippen LogP contribution in [0, 0.1) is 0 Å². The quantitative estimate of drug-likeness (QED) is 0.449. The Labute approximate surface area is 188 Å². The van der Waals surface area contributed by atoms with Crippen molar-refractivity contribution in [2.75, 3.05) is 0 Å². The zero-order valence-corrected chi connectivity index (χ0v) is 18.0. The third kappa shape index (κ3) is 5.25. The predicted octanol–water partition coefficient (Wildman–Crippen LogP) is 6.46. The fourth-order valence-corrected chi connectivity index (χ4v) is 4.06. The second kappa shape index (κ2) is 9.39. The molecular weight excluding hydrogens is 439 g/mol. The molecule has 0 radical (unpaired) electrons. The lowest BCUT2D eigenvalue weighted by Gasteiger charge is -2.09. The minimum Gasteiger partial charge on any atom is -0.487 e. The molecule has 0 aliphatic carbocycles. The van der Waals surface area contributed by atoms with Gasteiger partial charge in [0, 0.05) is 5.02 Å². The van der Waals surface area contributed by atoms with E-state index in [9.17, 15) is 4.79 Å². The van der Waals surface area contributed by atoms with Crippen LogP contribution < -0.4 is 10.1 Å². The molecule has 3 aromatic rings. The molecule has 0 saturated carbocycles. The maximum atomic E-state index is 12.3. The Hall–Kier alpha value is -2.73. The second-order valence-corrected chi connectivity index (χ2v) is 8.30. The number of nitrogens with zero attached hydrogens (tertiary/aromatic N) is 1. The van der Waals surface area contributed by atoms with Gasteiger partial charge in [-0.05, 0) is 65.4 Å². The molecule has 1 amide bonds. The summed E-state index contributed by atoms with van der Waals surface area (Å²) in [7, 11) is 0. The van der Waals surface area contributed by atoms with Crippen molar-refractivity contribution >= 4 is 57.8 Å². The van der Waals surface area contributed by atoms with Gasteiger partial charge in [-0.3, -0.25) is 4.79 Å². The highest BCUT2D eigenvalue weighted by Gasteiger charge is 2.23. The molecule has 3 aromatic carbocycles. The summed E-state index contributed by atoms with van der Waals surface area (Å²) in [5.41, 5.74) is 2.54. The molecule has 0 aromatic heterocycles. The van der Waals surface area contributed by atoms with Crippen LogP contribution >= 0.6 is 35.0 Å². The van der Waals surface area contributed by atoms with E-state index in [-0.39, 0.29) is 5.91 Å². The van der Waals surface area contributed by atoms with Crippen molar-refractivity contribution in [1.29, 1.82) is 0 Å². The molecule has 1 saturated heterocycles. The molecule has 1 heterocycles. The number of amidine groups is 1. The predicted molar refractivity (Wildman–Crippen MR) is 124 cm³/mol. The van der Waals surface area contributed by atoms with Crippen LogP contribution in [0.25, 0.3) is 6.08 Å². The molecule has 150 valence electrons. The molecule has 4 rings (SSSR count). The van der Waals surface area contributed by atoms with Crippen LogP contribution in [0.3, 0.4) is 0 Å². The topological polar surface area (TPSA) is 50.7 Å². The van der Waals surface area contributed by atoms with Gasteiger partial charge in [0.15, 0.2) is 5.17 Å². The Balaban J connectivity index is 1.45. The number of carbonyl (C=O) groups excluding carboxylic acids is 1. The van der Waals surface area contributed by atoms with E-state index in [1.807, 2.05) is 60.7 Å². The van der Waals surface area contributed by atoms with Crippen molar-refractivity contribution in [1.82, 2.24) is 5.32 Å². The Morgan fingerprint density at radius 1 is 1.00 bits per heavy atom. The van der Waals surface area contributed by atoms with Crippen LogP contribution in [0.4, 0.5) is 5.69 Å². The van der Waals surface area contributed by atoms with E-state index >= 15 is 0 Å². The average Bonchev–Trinajstić information content (AvgIpc) is 3.07. The average molecular weight is 455 g/mol. The number of thioether (sulfide) groups is 1. The normalized spacial score (nSPS) is 16.1. The fraction of sp³-hybridized carbons (Fsp3) is 0.0435. The van der Waals surface area contributed by atoms with E-state index < -0.39 is 0 Å². The van der Waals surface area contributed by atoms with Crippen LogP contribution in [0.15, 0.2) is 82.7 Å². The van der Waals surface area contributed by atoms with Gasteiger partial charge in [-0.15, -0.1) is 0 Å². The number of amides is 1. The highest BCUT2D eigenvalue weighted by Crippen LogP contribution is 2.31. The molecule has 1 fully saturated rings. The van der Waals surface area contributed by atoms with E-state index in [4.69, 9.17) is 27.9 Å². The standard InChI is InChI=1S/C23H16Cl2N2O2S/c24-17-6-4-5-16(11-17)14-29-20-10-9-15(12-19(20)25)13-21-22(28)27-23(30-21)26-18-7-2-1-3-8-18/h1-13H,14H2,(H,26,27,28)/b21-13-. The largest absolute Gasteiger partial charge is 0.487 e. The SMILES string of the molecule is O=C1NC(=Nc2ccccc2)S/C1=C\c1ccc(OCc2cccc(Cl)c2)c(Cl)c1. The second-order valence-electron chi connectivity index (χ2n) is 6.43. The van der Waals surface area contributed by atoms with E-state index in [1.165, 1.54) is 11.8 Å². The van der Waals surface area contributed by atoms with Gasteiger partial charge in [0.05, 0.1) is 15.6 Å². The number of para-hydroxylation sites is 1. The smallest absolute Gasteiger partial charge is 0.264 e. The van der Waals surface area contributed by atoms with Gasteiger partial charge < -0.3 is 10.1 Å². The van der Waals surface area contributed by atoms with Gasteiger partial charge >= 0.3 is 0 Å². The first-order chi connectivity index (χ1) is 14.6. The number of nitrogens with one attached hydrogen (secondary N) is 1. The summed E-state index contributed by atoms with van der Waals surface area (Å²) in [6, 6.07) is 22.3. The molecule has 4 nitrogen and oxygen atoms in total. The molecule has 0 spiro atoms. The maximum absolute atomic E-state index is 12.3. The first-order valence-electron chi connectivity index (χ1n) is 9.08. The van der Waals surface area contributed by atoms with Gasteiger partial charge in [-0.2, -0.15) is 0 Å². The summed E-state index contributed by atoms with van der Waals surface area (Å²) in [5.74, 6) is 0.376. The molecule has 0 atom stereocenters. The zero-order chi connectivity index (χ0) is 20.9. The van der Waals surface area contributed by atoms with E-state index in [0.717, 1.165) is 16.8 Å². The van der Waals surface area contributed by atoms with Gasteiger partial charge in [-0.25, -0.2) is 4.99 Å². The number of rotatable bonds is 5. The van der Waals surface area contributed by atoms with Crippen LogP contribution in [0.2, 0.25) is 10.0 Å². The Morgan fingerprint density at radius 3 is 2.60 bits per heavy atom. The minimum absolute atomic E-state index is 0.188. The molecule has 7 heteroatoms. The number of aliphatic imine (C=N–C) groups is 1.